The van der Waals surface area contributed by atoms with Crippen LogP contribution < -0.4 is 0 Å². The Morgan fingerprint density at radius 1 is 1.50 bits per heavy atom. The average molecular weight is 195 g/mol. The molecule has 0 amide bonds. The molecule has 3 nitrogen and oxygen atoms in total. The van der Waals surface area contributed by atoms with Gasteiger partial charge in [0.1, 0.15) is 0 Å². The van der Waals surface area contributed by atoms with Gasteiger partial charge in [-0.1, -0.05) is 20.3 Å². The van der Waals surface area contributed by atoms with Crippen LogP contribution in [0.5, 0.6) is 0 Å². The Labute approximate surface area is 84.4 Å². The second-order valence-electron chi connectivity index (χ2n) is 3.38. The first-order valence-electron chi connectivity index (χ1n) is 5.12. The van der Waals surface area contributed by atoms with Gasteiger partial charge in [0, 0.05) is 18.4 Å². The third kappa shape index (κ3) is 2.16. The molecule has 1 aromatic heterocycles. The van der Waals surface area contributed by atoms with Gasteiger partial charge in [0.05, 0.1) is 5.56 Å². The van der Waals surface area contributed by atoms with Crippen LogP contribution in [-0.2, 0) is 13.0 Å². The lowest BCUT2D eigenvalue weighted by Gasteiger charge is -2.07. The summed E-state index contributed by atoms with van der Waals surface area (Å²) in [7, 11) is 0. The van der Waals surface area contributed by atoms with Crippen molar-refractivity contribution in [1.29, 1.82) is 0 Å². The van der Waals surface area contributed by atoms with Gasteiger partial charge >= 0.3 is 5.97 Å². The van der Waals surface area contributed by atoms with Gasteiger partial charge in [-0.15, -0.1) is 0 Å². The van der Waals surface area contributed by atoms with Gasteiger partial charge in [0.15, 0.2) is 0 Å². The Bertz CT molecular complexity index is 315. The van der Waals surface area contributed by atoms with Gasteiger partial charge in [0.25, 0.3) is 0 Å². The van der Waals surface area contributed by atoms with Gasteiger partial charge in [-0.3, -0.25) is 0 Å². The minimum Gasteiger partial charge on any atom is -0.478 e. The molecular formula is C11H17NO2. The van der Waals surface area contributed by atoms with E-state index in [2.05, 4.69) is 6.92 Å². The predicted octanol–water partition coefficient (Wildman–Crippen LogP) is 2.55. The van der Waals surface area contributed by atoms with E-state index in [9.17, 15) is 4.79 Å². The highest BCUT2D eigenvalue weighted by molar-refractivity contribution is 5.89. The monoisotopic (exact) mass is 195 g/mol. The summed E-state index contributed by atoms with van der Waals surface area (Å²) in [6, 6.07) is 1.69. The average Bonchev–Trinajstić information content (AvgIpc) is 2.57. The number of carbonyl (C=O) groups is 1. The van der Waals surface area contributed by atoms with E-state index in [1.807, 2.05) is 17.7 Å². The molecule has 0 aromatic carbocycles. The van der Waals surface area contributed by atoms with E-state index in [1.165, 1.54) is 0 Å². The number of hydrogen-bond donors (Lipinski definition) is 1. The van der Waals surface area contributed by atoms with Crippen LogP contribution in [0.1, 0.15) is 42.7 Å². The smallest absolute Gasteiger partial charge is 0.337 e. The van der Waals surface area contributed by atoms with Gasteiger partial charge in [-0.25, -0.2) is 4.79 Å². The summed E-state index contributed by atoms with van der Waals surface area (Å²) in [6.45, 7) is 5.05. The molecule has 0 aliphatic carbocycles. The van der Waals surface area contributed by atoms with Crippen molar-refractivity contribution in [2.75, 3.05) is 0 Å². The first kappa shape index (κ1) is 10.8. The van der Waals surface area contributed by atoms with E-state index in [0.717, 1.165) is 31.5 Å². The highest BCUT2D eigenvalue weighted by Gasteiger charge is 2.12. The van der Waals surface area contributed by atoms with Crippen LogP contribution in [0, 0.1) is 0 Å². The number of hydrogen-bond acceptors (Lipinski definition) is 1. The maximum Gasteiger partial charge on any atom is 0.337 e. The summed E-state index contributed by atoms with van der Waals surface area (Å²) < 4.78 is 2.05. The summed E-state index contributed by atoms with van der Waals surface area (Å²) >= 11 is 0. The molecule has 3 heteroatoms. The molecule has 0 unspecified atom stereocenters. The van der Waals surface area contributed by atoms with Crippen molar-refractivity contribution in [2.45, 2.75) is 39.7 Å². The predicted molar refractivity (Wildman–Crippen MR) is 55.7 cm³/mol. The van der Waals surface area contributed by atoms with Crippen LogP contribution in [0.3, 0.4) is 0 Å². The van der Waals surface area contributed by atoms with Crippen LogP contribution >= 0.6 is 0 Å². The minimum atomic E-state index is -0.822. The zero-order chi connectivity index (χ0) is 10.6. The lowest BCUT2D eigenvalue weighted by atomic mass is 10.2. The molecule has 0 atom stereocenters. The Kier molecular flexibility index (Phi) is 3.74. The number of aromatic nitrogens is 1. The SMILES string of the molecule is CCCCn1ccc(C(=O)O)c1CC. The third-order valence-corrected chi connectivity index (χ3v) is 2.40. The number of carboxylic acid groups (broad SMARTS) is 1. The Hall–Kier alpha value is -1.25. The quantitative estimate of drug-likeness (QED) is 0.784. The second-order valence-corrected chi connectivity index (χ2v) is 3.38. The fourth-order valence-electron chi connectivity index (χ4n) is 1.63. The van der Waals surface area contributed by atoms with Crippen LogP contribution in [-0.4, -0.2) is 15.6 Å². The topological polar surface area (TPSA) is 42.2 Å². The van der Waals surface area contributed by atoms with Crippen molar-refractivity contribution in [3.8, 4) is 0 Å². The number of nitrogens with zero attached hydrogens (tertiary/aromatic N) is 1. The largest absolute Gasteiger partial charge is 0.478 e. The van der Waals surface area contributed by atoms with Crippen LogP contribution in [0.15, 0.2) is 12.3 Å². The molecule has 0 spiro atoms. The molecule has 0 saturated heterocycles. The molecule has 78 valence electrons. The standard InChI is InChI=1S/C11H17NO2/c1-3-5-7-12-8-6-9(11(13)14)10(12)4-2/h6,8H,3-5,7H2,1-2H3,(H,13,14). The fraction of sp³-hybridized carbons (Fsp3) is 0.545. The van der Waals surface area contributed by atoms with Crippen molar-refractivity contribution in [2.24, 2.45) is 0 Å². The van der Waals surface area contributed by atoms with Crippen molar-refractivity contribution >= 4 is 5.97 Å². The summed E-state index contributed by atoms with van der Waals surface area (Å²) in [5, 5.41) is 8.92. The molecule has 0 saturated carbocycles. The van der Waals surface area contributed by atoms with Crippen LogP contribution in [0.2, 0.25) is 0 Å². The molecule has 1 rings (SSSR count). The lowest BCUT2D eigenvalue weighted by Crippen LogP contribution is -2.05. The molecule has 0 aliphatic rings. The molecular weight excluding hydrogens is 178 g/mol. The van der Waals surface area contributed by atoms with Gasteiger partial charge in [-0.05, 0) is 18.9 Å². The summed E-state index contributed by atoms with van der Waals surface area (Å²) in [5.74, 6) is -0.822. The number of aromatic carboxylic acids is 1. The zero-order valence-electron chi connectivity index (χ0n) is 8.79. The summed E-state index contributed by atoms with van der Waals surface area (Å²) in [5.41, 5.74) is 1.38. The number of carboxylic acids is 1. The Morgan fingerprint density at radius 2 is 2.21 bits per heavy atom. The van der Waals surface area contributed by atoms with Gasteiger partial charge in [0.2, 0.25) is 0 Å². The van der Waals surface area contributed by atoms with E-state index in [4.69, 9.17) is 5.11 Å². The number of aryl methyl sites for hydroxylation is 1. The first-order chi connectivity index (χ1) is 6.70. The molecule has 0 radical (unpaired) electrons. The summed E-state index contributed by atoms with van der Waals surface area (Å²) in [4.78, 5) is 10.9. The number of unbranched alkanes of at least 4 members (excludes halogenated alkanes) is 1. The van der Waals surface area contributed by atoms with Crippen molar-refractivity contribution in [3.05, 3.63) is 23.5 Å². The molecule has 14 heavy (non-hydrogen) atoms. The van der Waals surface area contributed by atoms with Crippen molar-refractivity contribution in [3.63, 3.8) is 0 Å². The van der Waals surface area contributed by atoms with Gasteiger partial charge < -0.3 is 9.67 Å². The van der Waals surface area contributed by atoms with Crippen molar-refractivity contribution in [1.82, 2.24) is 4.57 Å². The Morgan fingerprint density at radius 3 is 2.71 bits per heavy atom. The Balaban J connectivity index is 2.89. The van der Waals surface area contributed by atoms with E-state index in [-0.39, 0.29) is 0 Å². The molecule has 0 fully saturated rings. The minimum absolute atomic E-state index is 0.448. The molecule has 0 aliphatic heterocycles. The highest BCUT2D eigenvalue weighted by Crippen LogP contribution is 2.13. The van der Waals surface area contributed by atoms with Crippen LogP contribution in [0.25, 0.3) is 0 Å². The normalized spacial score (nSPS) is 10.4. The molecule has 1 aromatic rings. The molecule has 0 bridgehead atoms. The third-order valence-electron chi connectivity index (χ3n) is 2.40. The van der Waals surface area contributed by atoms with Gasteiger partial charge in [-0.2, -0.15) is 0 Å². The van der Waals surface area contributed by atoms with E-state index >= 15 is 0 Å². The van der Waals surface area contributed by atoms with Crippen molar-refractivity contribution < 1.29 is 9.90 Å². The summed E-state index contributed by atoms with van der Waals surface area (Å²) in [6.07, 6.45) is 4.88. The maximum atomic E-state index is 10.9. The molecule has 1 N–H and O–H groups in total. The van der Waals surface area contributed by atoms with E-state index < -0.39 is 5.97 Å². The first-order valence-corrected chi connectivity index (χ1v) is 5.12. The van der Waals surface area contributed by atoms with E-state index in [0.29, 0.717) is 5.56 Å². The molecule has 1 heterocycles. The maximum absolute atomic E-state index is 10.9. The van der Waals surface area contributed by atoms with Crippen LogP contribution in [0.4, 0.5) is 0 Å². The highest BCUT2D eigenvalue weighted by atomic mass is 16.4. The second kappa shape index (κ2) is 4.84. The lowest BCUT2D eigenvalue weighted by molar-refractivity contribution is 0.0695. The van der Waals surface area contributed by atoms with E-state index in [1.54, 1.807) is 6.07 Å². The zero-order valence-corrected chi connectivity index (χ0v) is 8.79. The number of rotatable bonds is 5. The fourth-order valence-corrected chi connectivity index (χ4v) is 1.63.